The van der Waals surface area contributed by atoms with Crippen molar-refractivity contribution in [3.05, 3.63) is 76.2 Å². The number of carbonyl (C=O) groups is 3. The zero-order valence-corrected chi connectivity index (χ0v) is 21.2. The van der Waals surface area contributed by atoms with Crippen LogP contribution in [0.25, 0.3) is 11.3 Å². The number of methoxy groups -OCH3 is 1. The highest BCUT2D eigenvalue weighted by atomic mass is 35.5. The molecule has 0 fully saturated rings. The summed E-state index contributed by atoms with van der Waals surface area (Å²) in [5, 5.41) is 8.08. The van der Waals surface area contributed by atoms with E-state index in [1.165, 1.54) is 20.1 Å². The highest BCUT2D eigenvalue weighted by Gasteiger charge is 2.25. The van der Waals surface area contributed by atoms with E-state index >= 15 is 0 Å². The lowest BCUT2D eigenvalue weighted by molar-refractivity contribution is -0.116. The number of imidazole rings is 1. The van der Waals surface area contributed by atoms with E-state index in [9.17, 15) is 23.2 Å². The minimum atomic E-state index is -0.978. The highest BCUT2D eigenvalue weighted by Crippen LogP contribution is 2.35. The van der Waals surface area contributed by atoms with Gasteiger partial charge in [-0.15, -0.1) is 0 Å². The van der Waals surface area contributed by atoms with Crippen LogP contribution in [-0.2, 0) is 9.53 Å². The number of aromatic nitrogens is 2. The molecule has 3 amide bonds. The third kappa shape index (κ3) is 6.00. The number of ether oxygens (including phenoxy) is 1. The molecule has 2 heterocycles. The molecule has 0 radical (unpaired) electrons. The van der Waals surface area contributed by atoms with Crippen molar-refractivity contribution in [3.8, 4) is 11.3 Å². The number of hydrogen-bond donors (Lipinski definition) is 4. The molecule has 4 rings (SSSR count). The van der Waals surface area contributed by atoms with E-state index in [4.69, 9.17) is 11.6 Å². The fraction of sp³-hybridized carbons (Fsp3) is 0.231. The summed E-state index contributed by atoms with van der Waals surface area (Å²) in [6.45, 7) is 1.52. The number of halogens is 3. The normalized spacial score (nSPS) is 16.1. The van der Waals surface area contributed by atoms with Crippen molar-refractivity contribution in [1.29, 1.82) is 0 Å². The van der Waals surface area contributed by atoms with Gasteiger partial charge in [0.05, 0.1) is 18.8 Å². The van der Waals surface area contributed by atoms with Gasteiger partial charge in [0.15, 0.2) is 0 Å². The number of rotatable bonds is 3. The van der Waals surface area contributed by atoms with Crippen LogP contribution in [0.15, 0.2) is 42.5 Å². The van der Waals surface area contributed by atoms with E-state index in [-0.39, 0.29) is 35.4 Å². The highest BCUT2D eigenvalue weighted by molar-refractivity contribution is 6.32. The molecule has 0 unspecified atom stereocenters. The topological polar surface area (TPSA) is 125 Å². The Labute approximate surface area is 221 Å². The largest absolute Gasteiger partial charge is 0.453 e. The summed E-state index contributed by atoms with van der Waals surface area (Å²) in [4.78, 5) is 44.6. The van der Waals surface area contributed by atoms with Crippen LogP contribution in [0.1, 0.15) is 47.1 Å². The van der Waals surface area contributed by atoms with Crippen LogP contribution >= 0.6 is 11.6 Å². The quantitative estimate of drug-likeness (QED) is 0.318. The number of aryl methyl sites for hydroxylation is 1. The number of fused-ring (bicyclic) bond motifs is 4. The molecule has 12 heteroatoms. The van der Waals surface area contributed by atoms with Gasteiger partial charge in [-0.1, -0.05) is 23.8 Å². The van der Waals surface area contributed by atoms with Gasteiger partial charge in [-0.3, -0.25) is 14.9 Å². The predicted octanol–water partition coefficient (Wildman–Crippen LogP) is 5.64. The summed E-state index contributed by atoms with van der Waals surface area (Å²) in [5.41, 5.74) is 1.03. The first-order chi connectivity index (χ1) is 18.2. The number of nitrogens with zero attached hydrogens (tertiary/aromatic N) is 1. The summed E-state index contributed by atoms with van der Waals surface area (Å²) < 4.78 is 33.5. The lowest BCUT2D eigenvalue weighted by atomic mass is 10.1. The molecule has 2 bridgehead atoms. The van der Waals surface area contributed by atoms with Crippen molar-refractivity contribution in [2.45, 2.75) is 32.2 Å². The predicted molar refractivity (Wildman–Crippen MR) is 138 cm³/mol. The fourth-order valence-electron chi connectivity index (χ4n) is 3.98. The van der Waals surface area contributed by atoms with E-state index in [0.717, 1.165) is 12.1 Å². The zero-order chi connectivity index (χ0) is 27.4. The molecule has 1 aromatic heterocycles. The van der Waals surface area contributed by atoms with E-state index in [1.807, 2.05) is 0 Å². The Morgan fingerprint density at radius 3 is 2.61 bits per heavy atom. The second-order valence-electron chi connectivity index (χ2n) is 8.59. The van der Waals surface area contributed by atoms with Crippen LogP contribution in [0.4, 0.5) is 25.0 Å². The summed E-state index contributed by atoms with van der Waals surface area (Å²) in [6.07, 6.45) is 3.56. The molecule has 0 saturated heterocycles. The van der Waals surface area contributed by atoms with Gasteiger partial charge in [-0.25, -0.2) is 18.6 Å². The van der Waals surface area contributed by atoms with Crippen molar-refractivity contribution in [3.63, 3.8) is 0 Å². The Balaban J connectivity index is 1.73. The van der Waals surface area contributed by atoms with Crippen LogP contribution in [0.3, 0.4) is 0 Å². The van der Waals surface area contributed by atoms with Gasteiger partial charge in [-0.2, -0.15) is 0 Å². The first-order valence-electron chi connectivity index (χ1n) is 11.6. The minimum Gasteiger partial charge on any atom is -0.453 e. The van der Waals surface area contributed by atoms with Crippen molar-refractivity contribution in [1.82, 2.24) is 15.3 Å². The van der Waals surface area contributed by atoms with Gasteiger partial charge >= 0.3 is 6.09 Å². The summed E-state index contributed by atoms with van der Waals surface area (Å²) in [5.74, 6) is -2.95. The van der Waals surface area contributed by atoms with Crippen LogP contribution in [0.5, 0.6) is 0 Å². The number of benzene rings is 2. The molecule has 4 N–H and O–H groups in total. The second kappa shape index (κ2) is 11.4. The maximum absolute atomic E-state index is 14.4. The third-order valence-corrected chi connectivity index (χ3v) is 6.06. The van der Waals surface area contributed by atoms with E-state index in [1.54, 1.807) is 24.3 Å². The Bertz CT molecular complexity index is 1420. The van der Waals surface area contributed by atoms with Gasteiger partial charge in [0.25, 0.3) is 5.91 Å². The first-order valence-corrected chi connectivity index (χ1v) is 12.0. The van der Waals surface area contributed by atoms with E-state index < -0.39 is 35.2 Å². The number of anilines is 2. The monoisotopic (exact) mass is 543 g/mol. The smallest absolute Gasteiger partial charge is 0.411 e. The molecular weight excluding hydrogens is 520 g/mol. The van der Waals surface area contributed by atoms with Gasteiger partial charge in [0.1, 0.15) is 33.9 Å². The molecule has 2 aromatic carbocycles. The molecule has 0 aliphatic carbocycles. The fourth-order valence-corrected chi connectivity index (χ4v) is 4.22. The number of carbonyl (C=O) groups excluding carboxylic acids is 3. The molecule has 3 aromatic rings. The summed E-state index contributed by atoms with van der Waals surface area (Å²) >= 11 is 6.48. The van der Waals surface area contributed by atoms with Crippen LogP contribution in [0, 0.1) is 18.6 Å². The van der Waals surface area contributed by atoms with Gasteiger partial charge in [0.2, 0.25) is 5.91 Å². The molecule has 0 saturated carbocycles. The number of aromatic amines is 1. The molecular formula is C26H24ClF2N5O4. The number of hydrogen-bond acceptors (Lipinski definition) is 5. The third-order valence-electron chi connectivity index (χ3n) is 5.78. The number of H-pyrrole nitrogens is 1. The molecule has 1 atom stereocenters. The molecule has 0 spiro atoms. The van der Waals surface area contributed by atoms with Crippen molar-refractivity contribution in [2.24, 2.45) is 0 Å². The van der Waals surface area contributed by atoms with Gasteiger partial charge in [0, 0.05) is 17.7 Å². The van der Waals surface area contributed by atoms with E-state index in [0.29, 0.717) is 28.9 Å². The number of allylic oxidation sites excluding steroid dienone is 1. The second-order valence-corrected chi connectivity index (χ2v) is 8.96. The molecule has 1 aliphatic rings. The maximum Gasteiger partial charge on any atom is 0.411 e. The molecule has 198 valence electrons. The Hall–Kier alpha value is -4.25. The minimum absolute atomic E-state index is 0.108. The first kappa shape index (κ1) is 26.8. The summed E-state index contributed by atoms with van der Waals surface area (Å²) in [7, 11) is 1.23. The maximum atomic E-state index is 14.4. The van der Waals surface area contributed by atoms with Gasteiger partial charge in [-0.05, 0) is 55.7 Å². The Morgan fingerprint density at radius 2 is 1.89 bits per heavy atom. The number of nitrogens with one attached hydrogen (secondary N) is 4. The van der Waals surface area contributed by atoms with Crippen molar-refractivity contribution in [2.75, 3.05) is 17.7 Å². The van der Waals surface area contributed by atoms with Crippen LogP contribution < -0.4 is 16.0 Å². The van der Waals surface area contributed by atoms with Crippen LogP contribution in [-0.4, -0.2) is 35.0 Å². The van der Waals surface area contributed by atoms with E-state index in [2.05, 4.69) is 30.7 Å². The Kier molecular flexibility index (Phi) is 8.06. The lowest BCUT2D eigenvalue weighted by Crippen LogP contribution is -2.30. The standard InChI is InChI=1S/C26H24ClF2N5O4/c1-13-10-16(28)21(17(29)11-13)25(36)32-18-6-4-3-5-7-20(35)31-19-12-14(30-26(37)38-2)8-9-15(19)22-23(27)34-24(18)33-22/h3-4,8-12,18H,5-7H2,1-2H3,(H,30,37)(H,31,35)(H,32,36)(H,33,34)/b4-3-/t18-/m0/s1. The average molecular weight is 544 g/mol. The van der Waals surface area contributed by atoms with Crippen LogP contribution in [0.2, 0.25) is 5.15 Å². The van der Waals surface area contributed by atoms with Crippen molar-refractivity contribution >= 4 is 40.9 Å². The number of amides is 3. The van der Waals surface area contributed by atoms with Crippen molar-refractivity contribution < 1.29 is 27.9 Å². The SMILES string of the molecule is COC(=O)Nc1ccc2c(c1)NC(=O)CC/C=C\C[C@H](NC(=O)c1c(F)cc(C)cc1F)c1nc-2c(Cl)[nH]1. The molecule has 1 aliphatic heterocycles. The lowest BCUT2D eigenvalue weighted by Gasteiger charge is -2.16. The molecule has 9 nitrogen and oxygen atoms in total. The average Bonchev–Trinajstić information content (AvgIpc) is 3.23. The summed E-state index contributed by atoms with van der Waals surface area (Å²) in [6, 6.07) is 6.05. The van der Waals surface area contributed by atoms with Gasteiger partial charge < -0.3 is 20.4 Å². The molecule has 38 heavy (non-hydrogen) atoms. The Morgan fingerprint density at radius 1 is 1.16 bits per heavy atom. The zero-order valence-electron chi connectivity index (χ0n) is 20.5.